The van der Waals surface area contributed by atoms with E-state index in [1.165, 1.54) is 6.07 Å². The van der Waals surface area contributed by atoms with Crippen LogP contribution in [0, 0.1) is 17.1 Å². The van der Waals surface area contributed by atoms with Crippen molar-refractivity contribution in [2.24, 2.45) is 5.92 Å². The van der Waals surface area contributed by atoms with Crippen LogP contribution in [0.3, 0.4) is 0 Å². The van der Waals surface area contributed by atoms with Gasteiger partial charge in [-0.15, -0.1) is 0 Å². The van der Waals surface area contributed by atoms with Gasteiger partial charge in [0.2, 0.25) is 0 Å². The molecule has 0 fully saturated rings. The Morgan fingerprint density at radius 3 is 2.38 bits per heavy atom. The topological polar surface area (TPSA) is 62.2 Å². The van der Waals surface area contributed by atoms with Crippen LogP contribution in [-0.4, -0.2) is 17.4 Å². The number of alkyl carbamates (subject to hydrolysis) is 1. The number of carbonyl (C=O) groups excluding carboxylic acids is 1. The van der Waals surface area contributed by atoms with E-state index in [9.17, 15) is 9.18 Å². The Morgan fingerprint density at radius 2 is 1.92 bits per heavy atom. The molecule has 0 radical (unpaired) electrons. The van der Waals surface area contributed by atoms with Crippen LogP contribution in [0.2, 0.25) is 0 Å². The van der Waals surface area contributed by atoms with Gasteiger partial charge in [0.1, 0.15) is 11.4 Å². The molecule has 1 amide bonds. The molecule has 24 heavy (non-hydrogen) atoms. The number of halogens is 1. The minimum Gasteiger partial charge on any atom is -0.444 e. The van der Waals surface area contributed by atoms with Gasteiger partial charge in [-0.05, 0) is 50.8 Å². The Morgan fingerprint density at radius 1 is 1.33 bits per heavy atom. The second-order valence-electron chi connectivity index (χ2n) is 6.39. The predicted octanol–water partition coefficient (Wildman–Crippen LogP) is 5.29. The summed E-state index contributed by atoms with van der Waals surface area (Å²) in [7, 11) is 0. The van der Waals surface area contributed by atoms with E-state index in [4.69, 9.17) is 10.1 Å². The smallest absolute Gasteiger partial charge is 0.407 e. The van der Waals surface area contributed by atoms with Crippen LogP contribution in [0.5, 0.6) is 0 Å². The minimum atomic E-state index is -0.565. The quantitative estimate of drug-likeness (QED) is 0.716. The summed E-state index contributed by atoms with van der Waals surface area (Å²) in [5.74, 6) is -0.422. The van der Waals surface area contributed by atoms with E-state index in [0.717, 1.165) is 6.42 Å². The van der Waals surface area contributed by atoms with Crippen molar-refractivity contribution in [3.8, 4) is 0 Å². The average molecular weight is 338 g/mol. The second-order valence-corrected chi connectivity index (χ2v) is 6.39. The third-order valence-electron chi connectivity index (χ3n) is 3.26. The second kappa shape index (κ2) is 10.1. The van der Waals surface area contributed by atoms with Crippen molar-refractivity contribution in [2.75, 3.05) is 0 Å². The van der Waals surface area contributed by atoms with Crippen molar-refractivity contribution < 1.29 is 13.9 Å². The van der Waals surface area contributed by atoms with Gasteiger partial charge in [-0.1, -0.05) is 33.8 Å². The average Bonchev–Trinajstić information content (AvgIpc) is 2.52. The molecule has 0 aliphatic heterocycles. The van der Waals surface area contributed by atoms with Crippen LogP contribution in [0.25, 0.3) is 0 Å². The highest BCUT2D eigenvalue weighted by atomic mass is 19.1. The minimum absolute atomic E-state index is 0.0141. The molecule has 1 unspecified atom stereocenters. The Kier molecular flexibility index (Phi) is 9.26. The molecule has 0 bridgehead atoms. The highest BCUT2D eigenvalue weighted by molar-refractivity contribution is 5.99. The van der Waals surface area contributed by atoms with Crippen molar-refractivity contribution in [2.45, 2.75) is 67.0 Å². The van der Waals surface area contributed by atoms with Crippen LogP contribution >= 0.6 is 0 Å². The first kappa shape index (κ1) is 22.1. The Hall–Kier alpha value is -1.91. The number of nitrogens with one attached hydrogen (secondary N) is 2. The molecule has 0 aliphatic carbocycles. The zero-order chi connectivity index (χ0) is 18.9. The third kappa shape index (κ3) is 7.57. The highest BCUT2D eigenvalue weighted by Crippen LogP contribution is 2.17. The van der Waals surface area contributed by atoms with Crippen molar-refractivity contribution in [1.82, 2.24) is 5.32 Å². The molecule has 0 saturated heterocycles. The maximum atomic E-state index is 14.1. The first-order valence-electron chi connectivity index (χ1n) is 8.48. The van der Waals surface area contributed by atoms with Crippen LogP contribution in [0.1, 0.15) is 66.0 Å². The molecule has 1 atom stereocenters. The molecular weight excluding hydrogens is 307 g/mol. The number of amides is 1. The summed E-state index contributed by atoms with van der Waals surface area (Å²) < 4.78 is 19.2. The third-order valence-corrected chi connectivity index (χ3v) is 3.26. The van der Waals surface area contributed by atoms with Crippen molar-refractivity contribution in [3.05, 3.63) is 35.1 Å². The van der Waals surface area contributed by atoms with Gasteiger partial charge in [0.25, 0.3) is 0 Å². The SMILES string of the molecule is CC.CCC(C)C(=N)c1ccc(CNC(=O)OC(C)(C)C)cc1F. The van der Waals surface area contributed by atoms with E-state index in [1.54, 1.807) is 32.9 Å². The Bertz CT molecular complexity index is 551. The van der Waals surface area contributed by atoms with Gasteiger partial charge in [0.15, 0.2) is 0 Å². The fourth-order valence-electron chi connectivity index (χ4n) is 1.84. The van der Waals surface area contributed by atoms with Crippen LogP contribution in [-0.2, 0) is 11.3 Å². The van der Waals surface area contributed by atoms with Gasteiger partial charge in [0, 0.05) is 17.8 Å². The first-order valence-corrected chi connectivity index (χ1v) is 8.48. The number of rotatable bonds is 5. The highest BCUT2D eigenvalue weighted by Gasteiger charge is 2.17. The largest absolute Gasteiger partial charge is 0.444 e. The maximum Gasteiger partial charge on any atom is 0.407 e. The van der Waals surface area contributed by atoms with E-state index in [0.29, 0.717) is 16.8 Å². The number of carbonyl (C=O) groups is 1. The first-order chi connectivity index (χ1) is 11.1. The molecule has 2 N–H and O–H groups in total. The van der Waals surface area contributed by atoms with Crippen molar-refractivity contribution in [3.63, 3.8) is 0 Å². The molecule has 0 spiro atoms. The van der Waals surface area contributed by atoms with E-state index in [-0.39, 0.29) is 12.5 Å². The van der Waals surface area contributed by atoms with E-state index in [2.05, 4.69) is 5.32 Å². The zero-order valence-electron chi connectivity index (χ0n) is 15.9. The Labute approximate surface area is 145 Å². The summed E-state index contributed by atoms with van der Waals surface area (Å²) >= 11 is 0. The summed E-state index contributed by atoms with van der Waals surface area (Å²) in [6, 6.07) is 4.66. The molecule has 0 saturated carbocycles. The number of ether oxygens (including phenoxy) is 1. The van der Waals surface area contributed by atoms with Crippen LogP contribution in [0.15, 0.2) is 18.2 Å². The molecular formula is C19H31FN2O2. The summed E-state index contributed by atoms with van der Waals surface area (Å²) in [6.07, 6.45) is 0.254. The predicted molar refractivity (Wildman–Crippen MR) is 97.1 cm³/mol. The van der Waals surface area contributed by atoms with Gasteiger partial charge in [0.05, 0.1) is 0 Å². The molecule has 0 heterocycles. The van der Waals surface area contributed by atoms with E-state index < -0.39 is 17.5 Å². The van der Waals surface area contributed by atoms with E-state index >= 15 is 0 Å². The normalized spacial score (nSPS) is 11.8. The number of benzene rings is 1. The van der Waals surface area contributed by atoms with Crippen LogP contribution in [0.4, 0.5) is 9.18 Å². The van der Waals surface area contributed by atoms with Gasteiger partial charge in [-0.3, -0.25) is 0 Å². The fraction of sp³-hybridized carbons (Fsp3) is 0.579. The lowest BCUT2D eigenvalue weighted by Gasteiger charge is -2.19. The Balaban J connectivity index is 0.00000254. The number of hydrogen-bond donors (Lipinski definition) is 2. The summed E-state index contributed by atoms with van der Waals surface area (Å²) in [4.78, 5) is 11.6. The van der Waals surface area contributed by atoms with Gasteiger partial charge < -0.3 is 15.5 Å². The number of hydrogen-bond acceptors (Lipinski definition) is 3. The van der Waals surface area contributed by atoms with Gasteiger partial charge in [-0.25, -0.2) is 9.18 Å². The summed E-state index contributed by atoms with van der Waals surface area (Å²) in [5.41, 5.74) is 0.677. The molecule has 1 aromatic carbocycles. The lowest BCUT2D eigenvalue weighted by atomic mass is 9.95. The van der Waals surface area contributed by atoms with Crippen LogP contribution < -0.4 is 5.32 Å². The molecule has 4 nitrogen and oxygen atoms in total. The zero-order valence-corrected chi connectivity index (χ0v) is 15.9. The van der Waals surface area contributed by atoms with Gasteiger partial charge >= 0.3 is 6.09 Å². The lowest BCUT2D eigenvalue weighted by molar-refractivity contribution is 0.0523. The van der Waals surface area contributed by atoms with E-state index in [1.807, 2.05) is 27.7 Å². The molecule has 0 aromatic heterocycles. The van der Waals surface area contributed by atoms with Crippen molar-refractivity contribution >= 4 is 11.8 Å². The molecule has 1 aromatic rings. The molecule has 136 valence electrons. The lowest BCUT2D eigenvalue weighted by Crippen LogP contribution is -2.32. The molecule has 5 heteroatoms. The summed E-state index contributed by atoms with van der Waals surface area (Å²) in [5, 5.41) is 10.6. The standard InChI is InChI=1S/C17H25FN2O2.C2H6/c1-6-11(2)15(19)13-8-7-12(9-14(13)18)10-20-16(21)22-17(3,4)5;1-2/h7-9,11,19H,6,10H2,1-5H3,(H,20,21);1-2H3. The van der Waals surface area contributed by atoms with Gasteiger partial charge in [-0.2, -0.15) is 0 Å². The molecule has 0 aliphatic rings. The monoisotopic (exact) mass is 338 g/mol. The summed E-state index contributed by atoms with van der Waals surface area (Å²) in [6.45, 7) is 13.4. The maximum absolute atomic E-state index is 14.1. The molecule has 1 rings (SSSR count). The fourth-order valence-corrected chi connectivity index (χ4v) is 1.84. The van der Waals surface area contributed by atoms with Crippen molar-refractivity contribution in [1.29, 1.82) is 5.41 Å².